The summed E-state index contributed by atoms with van der Waals surface area (Å²) in [5.74, 6) is 0. The van der Waals surface area contributed by atoms with Crippen LogP contribution in [0.1, 0.15) is 5.56 Å². The van der Waals surface area contributed by atoms with E-state index in [-0.39, 0.29) is 0 Å². The van der Waals surface area contributed by atoms with E-state index in [0.29, 0.717) is 0 Å². The summed E-state index contributed by atoms with van der Waals surface area (Å²) in [5, 5.41) is 2.33. The highest BCUT2D eigenvalue weighted by molar-refractivity contribution is 6.05. The van der Waals surface area contributed by atoms with E-state index in [4.69, 9.17) is 4.42 Å². The van der Waals surface area contributed by atoms with Crippen molar-refractivity contribution in [2.45, 2.75) is 6.92 Å². The van der Waals surface area contributed by atoms with Crippen LogP contribution in [-0.4, -0.2) is 0 Å². The molecule has 0 aliphatic heterocycles. The van der Waals surface area contributed by atoms with E-state index in [1.54, 1.807) is 0 Å². The molecule has 4 aromatic carbocycles. The number of rotatable bonds is 2. The molecule has 1 aromatic heterocycles. The number of benzene rings is 4. The van der Waals surface area contributed by atoms with Crippen LogP contribution in [0.2, 0.25) is 0 Å². The average molecular weight is 334 g/mol. The number of hydrogen-bond donors (Lipinski definition) is 0. The minimum absolute atomic E-state index is 0.935. The molecule has 26 heavy (non-hydrogen) atoms. The van der Waals surface area contributed by atoms with Crippen LogP contribution < -0.4 is 0 Å². The molecule has 1 heteroatoms. The first kappa shape index (κ1) is 15.0. The second-order valence-corrected chi connectivity index (χ2v) is 6.76. The zero-order valence-corrected chi connectivity index (χ0v) is 14.6. The van der Waals surface area contributed by atoms with Crippen LogP contribution in [0.15, 0.2) is 95.4 Å². The molecule has 1 nitrogen and oxygen atoms in total. The SMILES string of the molecule is Cc1ccc(-c2cccc(-c3ccc4c(c3)oc3ccccc34)c2)cc1. The van der Waals surface area contributed by atoms with Gasteiger partial charge in [0.25, 0.3) is 0 Å². The largest absolute Gasteiger partial charge is 0.456 e. The third-order valence-electron chi connectivity index (χ3n) is 4.96. The van der Waals surface area contributed by atoms with E-state index >= 15 is 0 Å². The summed E-state index contributed by atoms with van der Waals surface area (Å²) in [6.45, 7) is 2.11. The predicted molar refractivity (Wildman–Crippen MR) is 109 cm³/mol. The molecule has 0 radical (unpaired) electrons. The highest BCUT2D eigenvalue weighted by Gasteiger charge is 2.08. The molecule has 124 valence electrons. The van der Waals surface area contributed by atoms with Crippen molar-refractivity contribution in [3.8, 4) is 22.3 Å². The van der Waals surface area contributed by atoms with E-state index in [0.717, 1.165) is 11.2 Å². The smallest absolute Gasteiger partial charge is 0.136 e. The van der Waals surface area contributed by atoms with E-state index < -0.39 is 0 Å². The lowest BCUT2D eigenvalue weighted by Gasteiger charge is -2.07. The Morgan fingerprint density at radius 2 is 1.15 bits per heavy atom. The van der Waals surface area contributed by atoms with Gasteiger partial charge in [-0.2, -0.15) is 0 Å². The van der Waals surface area contributed by atoms with Crippen LogP contribution in [-0.2, 0) is 0 Å². The van der Waals surface area contributed by atoms with Crippen LogP contribution in [0, 0.1) is 6.92 Å². The van der Waals surface area contributed by atoms with Gasteiger partial charge < -0.3 is 4.42 Å². The summed E-state index contributed by atoms with van der Waals surface area (Å²) in [7, 11) is 0. The zero-order valence-electron chi connectivity index (χ0n) is 14.6. The lowest BCUT2D eigenvalue weighted by molar-refractivity contribution is 0.669. The van der Waals surface area contributed by atoms with Crippen molar-refractivity contribution in [3.05, 3.63) is 96.6 Å². The molecule has 0 amide bonds. The van der Waals surface area contributed by atoms with Crippen molar-refractivity contribution >= 4 is 21.9 Å². The normalized spacial score (nSPS) is 11.3. The lowest BCUT2D eigenvalue weighted by Crippen LogP contribution is -1.82. The third-order valence-corrected chi connectivity index (χ3v) is 4.96. The molecule has 0 saturated heterocycles. The summed E-state index contributed by atoms with van der Waals surface area (Å²) in [6, 6.07) is 32.0. The minimum Gasteiger partial charge on any atom is -0.456 e. The van der Waals surface area contributed by atoms with Gasteiger partial charge in [-0.25, -0.2) is 0 Å². The zero-order chi connectivity index (χ0) is 17.5. The lowest BCUT2D eigenvalue weighted by atomic mass is 9.98. The van der Waals surface area contributed by atoms with Gasteiger partial charge >= 0.3 is 0 Å². The highest BCUT2D eigenvalue weighted by Crippen LogP contribution is 2.33. The summed E-state index contributed by atoms with van der Waals surface area (Å²) < 4.78 is 6.04. The molecule has 0 N–H and O–H groups in total. The van der Waals surface area contributed by atoms with E-state index in [9.17, 15) is 0 Å². The van der Waals surface area contributed by atoms with Gasteiger partial charge in [0.05, 0.1) is 0 Å². The van der Waals surface area contributed by atoms with Crippen LogP contribution >= 0.6 is 0 Å². The van der Waals surface area contributed by atoms with Gasteiger partial charge in [0.2, 0.25) is 0 Å². The summed E-state index contributed by atoms with van der Waals surface area (Å²) in [6.07, 6.45) is 0. The molecule has 0 aliphatic rings. The van der Waals surface area contributed by atoms with Crippen molar-refractivity contribution in [1.29, 1.82) is 0 Å². The van der Waals surface area contributed by atoms with E-state index in [2.05, 4.69) is 85.8 Å². The molecular weight excluding hydrogens is 316 g/mol. The first-order valence-corrected chi connectivity index (χ1v) is 8.87. The molecule has 0 saturated carbocycles. The molecular formula is C25H18O. The van der Waals surface area contributed by atoms with Gasteiger partial charge in [-0.15, -0.1) is 0 Å². The Morgan fingerprint density at radius 3 is 2.00 bits per heavy atom. The molecule has 0 unspecified atom stereocenters. The molecule has 0 spiro atoms. The molecule has 0 fully saturated rings. The standard InChI is InChI=1S/C25H18O/c1-17-9-11-18(12-10-17)19-5-4-6-20(15-19)21-13-14-23-22-7-2-3-8-24(22)26-25(23)16-21/h2-16H,1H3. The van der Waals surface area contributed by atoms with E-state index in [1.165, 1.54) is 38.6 Å². The second-order valence-electron chi connectivity index (χ2n) is 6.76. The number of fused-ring (bicyclic) bond motifs is 3. The summed E-state index contributed by atoms with van der Waals surface area (Å²) in [4.78, 5) is 0. The van der Waals surface area contributed by atoms with Gasteiger partial charge in [0, 0.05) is 10.8 Å². The van der Waals surface area contributed by atoms with E-state index in [1.807, 2.05) is 12.1 Å². The van der Waals surface area contributed by atoms with Crippen molar-refractivity contribution < 1.29 is 4.42 Å². The maximum Gasteiger partial charge on any atom is 0.136 e. The molecule has 5 rings (SSSR count). The number of para-hydroxylation sites is 1. The summed E-state index contributed by atoms with van der Waals surface area (Å²) >= 11 is 0. The third kappa shape index (κ3) is 2.49. The topological polar surface area (TPSA) is 13.1 Å². The first-order chi connectivity index (χ1) is 12.8. The van der Waals surface area contributed by atoms with Gasteiger partial charge in [-0.05, 0) is 53.4 Å². The number of aryl methyl sites for hydroxylation is 1. The maximum atomic E-state index is 6.04. The monoisotopic (exact) mass is 334 g/mol. The number of hydrogen-bond acceptors (Lipinski definition) is 1. The van der Waals surface area contributed by atoms with Gasteiger partial charge in [0.15, 0.2) is 0 Å². The Labute approximate surface area is 152 Å². The molecule has 1 heterocycles. The molecule has 0 bridgehead atoms. The van der Waals surface area contributed by atoms with Crippen molar-refractivity contribution in [3.63, 3.8) is 0 Å². The van der Waals surface area contributed by atoms with Crippen molar-refractivity contribution in [1.82, 2.24) is 0 Å². The fourth-order valence-corrected chi connectivity index (χ4v) is 3.53. The Bertz CT molecular complexity index is 1230. The second kappa shape index (κ2) is 5.89. The van der Waals surface area contributed by atoms with Gasteiger partial charge in [-0.3, -0.25) is 0 Å². The molecule has 5 aromatic rings. The average Bonchev–Trinajstić information content (AvgIpc) is 3.06. The predicted octanol–water partition coefficient (Wildman–Crippen LogP) is 7.23. The molecule has 0 atom stereocenters. The fraction of sp³-hybridized carbons (Fsp3) is 0.0400. The Hall–Kier alpha value is -3.32. The Balaban J connectivity index is 1.62. The fourth-order valence-electron chi connectivity index (χ4n) is 3.53. The minimum atomic E-state index is 0.935. The van der Waals surface area contributed by atoms with Crippen LogP contribution in [0.5, 0.6) is 0 Å². The Morgan fingerprint density at radius 1 is 0.500 bits per heavy atom. The van der Waals surface area contributed by atoms with Crippen molar-refractivity contribution in [2.75, 3.05) is 0 Å². The quantitative estimate of drug-likeness (QED) is 0.332. The van der Waals surface area contributed by atoms with Gasteiger partial charge in [-0.1, -0.05) is 72.3 Å². The van der Waals surface area contributed by atoms with Crippen LogP contribution in [0.3, 0.4) is 0 Å². The first-order valence-electron chi connectivity index (χ1n) is 8.87. The van der Waals surface area contributed by atoms with Crippen LogP contribution in [0.25, 0.3) is 44.2 Å². The van der Waals surface area contributed by atoms with Gasteiger partial charge in [0.1, 0.15) is 11.2 Å². The van der Waals surface area contributed by atoms with Crippen LogP contribution in [0.4, 0.5) is 0 Å². The summed E-state index contributed by atoms with van der Waals surface area (Å²) in [5.41, 5.74) is 7.99. The maximum absolute atomic E-state index is 6.04. The Kier molecular flexibility index (Phi) is 3.39. The van der Waals surface area contributed by atoms with Crippen molar-refractivity contribution in [2.24, 2.45) is 0 Å². The molecule has 0 aliphatic carbocycles. The highest BCUT2D eigenvalue weighted by atomic mass is 16.3. The number of furan rings is 1.